The number of nitrogens with zero attached hydrogens (tertiary/aromatic N) is 1. The van der Waals surface area contributed by atoms with E-state index in [1.54, 1.807) is 0 Å². The van der Waals surface area contributed by atoms with E-state index in [-0.39, 0.29) is 0 Å². The Hall–Kier alpha value is -2.19. The molecule has 0 unspecified atom stereocenters. The maximum absolute atomic E-state index is 4.77. The van der Waals surface area contributed by atoms with Crippen LogP contribution in [-0.2, 0) is 6.42 Å². The summed E-state index contributed by atoms with van der Waals surface area (Å²) >= 11 is 0. The van der Waals surface area contributed by atoms with Gasteiger partial charge in [0.25, 0.3) is 0 Å². The van der Waals surface area contributed by atoms with Crippen LogP contribution in [0.25, 0.3) is 22.4 Å². The summed E-state index contributed by atoms with van der Waals surface area (Å²) in [6.45, 7) is 11.7. The lowest BCUT2D eigenvalue weighted by molar-refractivity contribution is 0.859. The molecular weight excluding hydrogens is 330 g/mol. The Labute approximate surface area is 158 Å². The Morgan fingerprint density at radius 3 is 2.31 bits per heavy atom. The summed E-state index contributed by atoms with van der Waals surface area (Å²) in [6, 6.07) is 18.2. The van der Waals surface area contributed by atoms with E-state index >= 15 is 0 Å². The number of pyridine rings is 1. The van der Waals surface area contributed by atoms with Gasteiger partial charge >= 0.3 is 0 Å². The molecule has 1 aliphatic carbocycles. The van der Waals surface area contributed by atoms with Crippen molar-refractivity contribution in [2.45, 2.75) is 45.8 Å². The van der Waals surface area contributed by atoms with Gasteiger partial charge in [-0.3, -0.25) is 4.98 Å². The zero-order chi connectivity index (χ0) is 18.5. The van der Waals surface area contributed by atoms with Gasteiger partial charge in [-0.25, -0.2) is 0 Å². The molecule has 0 spiro atoms. The molecule has 1 nitrogen and oxygen atoms in total. The van der Waals surface area contributed by atoms with Crippen molar-refractivity contribution in [1.29, 1.82) is 0 Å². The fourth-order valence-electron chi connectivity index (χ4n) is 3.81. The summed E-state index contributed by atoms with van der Waals surface area (Å²) in [7, 11) is -1.30. The Balaban J connectivity index is 1.80. The number of hydrogen-bond donors (Lipinski definition) is 0. The molecular formula is C24H27NSi. The monoisotopic (exact) mass is 357 g/mol. The van der Waals surface area contributed by atoms with Gasteiger partial charge in [-0.15, -0.1) is 0 Å². The SMILES string of the molecule is CC(C)c1ccc(-c2cccc3c2Cc2ccc([Si](C)(C)C)cc2-3)nc1. The minimum atomic E-state index is -1.30. The summed E-state index contributed by atoms with van der Waals surface area (Å²) in [5, 5.41) is 1.54. The van der Waals surface area contributed by atoms with Gasteiger partial charge in [0.1, 0.15) is 0 Å². The third-order valence-corrected chi connectivity index (χ3v) is 7.58. The van der Waals surface area contributed by atoms with Crippen LogP contribution in [0, 0.1) is 0 Å². The van der Waals surface area contributed by atoms with E-state index in [4.69, 9.17) is 4.98 Å². The molecule has 0 radical (unpaired) electrons. The quantitative estimate of drug-likeness (QED) is 0.410. The first-order valence-corrected chi connectivity index (χ1v) is 13.1. The van der Waals surface area contributed by atoms with E-state index in [1.165, 1.54) is 38.6 Å². The number of benzene rings is 2. The molecule has 1 aliphatic rings. The normalized spacial score (nSPS) is 13.0. The Kier molecular flexibility index (Phi) is 4.11. The lowest BCUT2D eigenvalue weighted by atomic mass is 9.97. The first-order chi connectivity index (χ1) is 12.3. The minimum absolute atomic E-state index is 0.516. The highest BCUT2D eigenvalue weighted by Crippen LogP contribution is 2.41. The van der Waals surface area contributed by atoms with Gasteiger partial charge in [0.15, 0.2) is 0 Å². The molecule has 0 saturated carbocycles. The molecule has 1 aromatic heterocycles. The summed E-state index contributed by atoms with van der Waals surface area (Å²) in [5.74, 6) is 0.516. The second kappa shape index (κ2) is 6.21. The minimum Gasteiger partial charge on any atom is -0.256 e. The van der Waals surface area contributed by atoms with E-state index in [0.29, 0.717) is 5.92 Å². The lowest BCUT2D eigenvalue weighted by Crippen LogP contribution is -2.37. The van der Waals surface area contributed by atoms with Crippen molar-refractivity contribution in [3.8, 4) is 22.4 Å². The van der Waals surface area contributed by atoms with Crippen molar-refractivity contribution in [3.63, 3.8) is 0 Å². The highest BCUT2D eigenvalue weighted by molar-refractivity contribution is 6.88. The van der Waals surface area contributed by atoms with Crippen molar-refractivity contribution in [2.24, 2.45) is 0 Å². The molecule has 0 saturated heterocycles. The van der Waals surface area contributed by atoms with Crippen LogP contribution in [0.2, 0.25) is 19.6 Å². The van der Waals surface area contributed by atoms with Crippen molar-refractivity contribution < 1.29 is 0 Å². The van der Waals surface area contributed by atoms with Crippen LogP contribution in [0.3, 0.4) is 0 Å². The summed E-state index contributed by atoms with van der Waals surface area (Å²) in [5.41, 5.74) is 9.37. The molecule has 1 heterocycles. The van der Waals surface area contributed by atoms with E-state index in [9.17, 15) is 0 Å². The predicted octanol–water partition coefficient (Wildman–Crippen LogP) is 5.99. The van der Waals surface area contributed by atoms with Gasteiger partial charge in [0.2, 0.25) is 0 Å². The fourth-order valence-corrected chi connectivity index (χ4v) is 4.97. The second-order valence-corrected chi connectivity index (χ2v) is 13.8. The standard InChI is InChI=1S/C24H27NSi/c1-16(2)18-10-12-24(25-15-18)21-8-6-7-20-22-14-19(26(3,4)5)11-9-17(22)13-23(20)21/h6-12,14-16H,13H2,1-5H3. The lowest BCUT2D eigenvalue weighted by Gasteiger charge is -2.18. The third kappa shape index (κ3) is 2.93. The van der Waals surface area contributed by atoms with Crippen molar-refractivity contribution in [2.75, 3.05) is 0 Å². The van der Waals surface area contributed by atoms with Gasteiger partial charge in [-0.05, 0) is 46.2 Å². The van der Waals surface area contributed by atoms with Crippen LogP contribution < -0.4 is 5.19 Å². The number of aromatic nitrogens is 1. The topological polar surface area (TPSA) is 12.9 Å². The fraction of sp³-hybridized carbons (Fsp3) is 0.292. The molecule has 26 heavy (non-hydrogen) atoms. The third-order valence-electron chi connectivity index (χ3n) is 5.54. The van der Waals surface area contributed by atoms with Gasteiger partial charge < -0.3 is 0 Å². The molecule has 0 atom stereocenters. The molecule has 3 aromatic rings. The molecule has 0 bridgehead atoms. The van der Waals surface area contributed by atoms with Crippen molar-refractivity contribution in [3.05, 3.63) is 71.4 Å². The van der Waals surface area contributed by atoms with Crippen LogP contribution in [0.15, 0.2) is 54.7 Å². The Bertz CT molecular complexity index is 962. The van der Waals surface area contributed by atoms with Gasteiger partial charge in [0, 0.05) is 11.8 Å². The van der Waals surface area contributed by atoms with E-state index in [1.807, 2.05) is 6.20 Å². The molecule has 2 heteroatoms. The molecule has 4 rings (SSSR count). The first-order valence-electron chi connectivity index (χ1n) is 9.56. The Morgan fingerprint density at radius 2 is 1.65 bits per heavy atom. The van der Waals surface area contributed by atoms with Crippen LogP contribution in [-0.4, -0.2) is 13.1 Å². The number of rotatable bonds is 3. The largest absolute Gasteiger partial charge is 0.256 e. The highest BCUT2D eigenvalue weighted by Gasteiger charge is 2.25. The average Bonchev–Trinajstić information content (AvgIpc) is 2.99. The molecule has 2 aromatic carbocycles. The van der Waals surface area contributed by atoms with Gasteiger partial charge in [-0.2, -0.15) is 0 Å². The van der Waals surface area contributed by atoms with Gasteiger partial charge in [0.05, 0.1) is 13.8 Å². The summed E-state index contributed by atoms with van der Waals surface area (Å²) in [4.78, 5) is 4.77. The zero-order valence-electron chi connectivity index (χ0n) is 16.4. The average molecular weight is 358 g/mol. The zero-order valence-corrected chi connectivity index (χ0v) is 17.4. The van der Waals surface area contributed by atoms with Crippen LogP contribution >= 0.6 is 0 Å². The van der Waals surface area contributed by atoms with Crippen LogP contribution in [0.1, 0.15) is 36.5 Å². The molecule has 132 valence electrons. The highest BCUT2D eigenvalue weighted by atomic mass is 28.3. The Morgan fingerprint density at radius 1 is 0.885 bits per heavy atom. The van der Waals surface area contributed by atoms with E-state index < -0.39 is 8.07 Å². The molecule has 0 aliphatic heterocycles. The number of fused-ring (bicyclic) bond motifs is 3. The number of hydrogen-bond acceptors (Lipinski definition) is 1. The van der Waals surface area contributed by atoms with E-state index in [2.05, 4.69) is 82.0 Å². The van der Waals surface area contributed by atoms with Crippen molar-refractivity contribution >= 4 is 13.3 Å². The maximum atomic E-state index is 4.77. The van der Waals surface area contributed by atoms with Gasteiger partial charge in [-0.1, -0.05) is 81.1 Å². The molecule has 0 N–H and O–H groups in total. The van der Waals surface area contributed by atoms with Crippen LogP contribution in [0.5, 0.6) is 0 Å². The maximum Gasteiger partial charge on any atom is 0.0776 e. The summed E-state index contributed by atoms with van der Waals surface area (Å²) in [6.07, 6.45) is 3.05. The summed E-state index contributed by atoms with van der Waals surface area (Å²) < 4.78 is 0. The second-order valence-electron chi connectivity index (χ2n) is 8.76. The van der Waals surface area contributed by atoms with Crippen molar-refractivity contribution in [1.82, 2.24) is 4.98 Å². The van der Waals surface area contributed by atoms with E-state index in [0.717, 1.165) is 12.1 Å². The molecule has 0 amide bonds. The molecule has 0 fully saturated rings. The van der Waals surface area contributed by atoms with Crippen LogP contribution in [0.4, 0.5) is 0 Å². The first kappa shape index (κ1) is 17.2. The smallest absolute Gasteiger partial charge is 0.0776 e. The predicted molar refractivity (Wildman–Crippen MR) is 115 cm³/mol.